The van der Waals surface area contributed by atoms with Gasteiger partial charge in [-0.2, -0.15) is 0 Å². The van der Waals surface area contributed by atoms with Crippen molar-refractivity contribution in [2.75, 3.05) is 26.1 Å². The average Bonchev–Trinajstić information content (AvgIpc) is 2.96. The van der Waals surface area contributed by atoms with Crippen LogP contribution in [0.1, 0.15) is 5.69 Å². The van der Waals surface area contributed by atoms with Gasteiger partial charge in [-0.15, -0.1) is 0 Å². The molecule has 0 bridgehead atoms. The van der Waals surface area contributed by atoms with Gasteiger partial charge in [-0.3, -0.25) is 0 Å². The highest BCUT2D eigenvalue weighted by molar-refractivity contribution is 5.89. The van der Waals surface area contributed by atoms with E-state index < -0.39 is 0 Å². The molecule has 3 aromatic rings. The molecule has 0 aliphatic carbocycles. The maximum absolute atomic E-state index is 5.22. The van der Waals surface area contributed by atoms with Crippen LogP contribution in [-0.2, 0) is 9.47 Å². The molecule has 0 saturated carbocycles. The van der Waals surface area contributed by atoms with Gasteiger partial charge < -0.3 is 19.8 Å². The van der Waals surface area contributed by atoms with Crippen LogP contribution in [0.15, 0.2) is 36.4 Å². The fourth-order valence-corrected chi connectivity index (χ4v) is 2.43. The summed E-state index contributed by atoms with van der Waals surface area (Å²) in [6, 6.07) is 11.9. The molecule has 1 aromatic carbocycles. The van der Waals surface area contributed by atoms with Gasteiger partial charge in [-0.25, -0.2) is 9.97 Å². The van der Waals surface area contributed by atoms with Gasteiger partial charge in [0.15, 0.2) is 12.1 Å². The summed E-state index contributed by atoms with van der Waals surface area (Å²) in [5, 5.41) is 4.24. The number of anilines is 1. The van der Waals surface area contributed by atoms with Crippen LogP contribution in [0.25, 0.3) is 22.4 Å². The third kappa shape index (κ3) is 3.33. The van der Waals surface area contributed by atoms with E-state index in [2.05, 4.69) is 20.3 Å². The molecule has 0 atom stereocenters. The molecule has 2 aromatic heterocycles. The van der Waals surface area contributed by atoms with Gasteiger partial charge in [0.2, 0.25) is 0 Å². The molecule has 0 amide bonds. The monoisotopic (exact) mass is 312 g/mol. The van der Waals surface area contributed by atoms with Crippen LogP contribution >= 0.6 is 0 Å². The SMILES string of the molecule is COC(CNc1nc(-c2ccccc2)nc2[nH]c(C)cc12)OC. The summed E-state index contributed by atoms with van der Waals surface area (Å²) < 4.78 is 10.4. The molecule has 23 heavy (non-hydrogen) atoms. The van der Waals surface area contributed by atoms with Crippen LogP contribution in [0.2, 0.25) is 0 Å². The van der Waals surface area contributed by atoms with Crippen LogP contribution < -0.4 is 5.32 Å². The molecule has 2 heterocycles. The number of nitrogens with zero attached hydrogens (tertiary/aromatic N) is 2. The second-order valence-corrected chi connectivity index (χ2v) is 5.26. The lowest BCUT2D eigenvalue weighted by Crippen LogP contribution is -2.24. The number of H-pyrrole nitrogens is 1. The minimum absolute atomic E-state index is 0.333. The largest absolute Gasteiger partial charge is 0.364 e. The summed E-state index contributed by atoms with van der Waals surface area (Å²) in [6.07, 6.45) is -0.333. The molecule has 0 spiro atoms. The molecule has 6 nitrogen and oxygen atoms in total. The number of methoxy groups -OCH3 is 2. The van der Waals surface area contributed by atoms with Crippen molar-refractivity contribution in [3.05, 3.63) is 42.1 Å². The number of benzene rings is 1. The van der Waals surface area contributed by atoms with Crippen LogP contribution in [0.3, 0.4) is 0 Å². The number of hydrogen-bond acceptors (Lipinski definition) is 5. The van der Waals surface area contributed by atoms with Gasteiger partial charge in [0.1, 0.15) is 11.5 Å². The topological polar surface area (TPSA) is 72.1 Å². The van der Waals surface area contributed by atoms with E-state index in [0.29, 0.717) is 12.4 Å². The van der Waals surface area contributed by atoms with Gasteiger partial charge in [-0.05, 0) is 13.0 Å². The zero-order chi connectivity index (χ0) is 16.2. The Morgan fingerprint density at radius 1 is 1.13 bits per heavy atom. The van der Waals surface area contributed by atoms with Crippen LogP contribution in [0, 0.1) is 6.92 Å². The van der Waals surface area contributed by atoms with Crippen molar-refractivity contribution >= 4 is 16.9 Å². The van der Waals surface area contributed by atoms with Crippen molar-refractivity contribution in [3.8, 4) is 11.4 Å². The molecule has 0 saturated heterocycles. The van der Waals surface area contributed by atoms with Gasteiger partial charge in [0.05, 0.1) is 11.9 Å². The Labute approximate surface area is 134 Å². The Bertz CT molecular complexity index is 782. The molecular weight excluding hydrogens is 292 g/mol. The molecule has 120 valence electrons. The third-order valence-corrected chi connectivity index (χ3v) is 3.62. The first-order chi connectivity index (χ1) is 11.2. The molecule has 3 rings (SSSR count). The van der Waals surface area contributed by atoms with E-state index in [0.717, 1.165) is 28.1 Å². The number of aromatic nitrogens is 3. The number of aryl methyl sites for hydroxylation is 1. The second kappa shape index (κ2) is 6.76. The number of fused-ring (bicyclic) bond motifs is 1. The fraction of sp³-hybridized carbons (Fsp3) is 0.294. The maximum Gasteiger partial charge on any atom is 0.173 e. The van der Waals surface area contributed by atoms with E-state index in [-0.39, 0.29) is 6.29 Å². The zero-order valence-electron chi connectivity index (χ0n) is 13.5. The van der Waals surface area contributed by atoms with Gasteiger partial charge >= 0.3 is 0 Å². The van der Waals surface area contributed by atoms with E-state index in [1.165, 1.54) is 0 Å². The molecule has 0 aliphatic rings. The van der Waals surface area contributed by atoms with E-state index in [9.17, 15) is 0 Å². The Kier molecular flexibility index (Phi) is 4.55. The molecule has 2 N–H and O–H groups in total. The summed E-state index contributed by atoms with van der Waals surface area (Å²) in [5.74, 6) is 1.44. The maximum atomic E-state index is 5.22. The molecule has 0 unspecified atom stereocenters. The average molecular weight is 312 g/mol. The first-order valence-corrected chi connectivity index (χ1v) is 7.43. The predicted octanol–water partition coefficient (Wildman–Crippen LogP) is 2.96. The Morgan fingerprint density at radius 3 is 2.57 bits per heavy atom. The Hall–Kier alpha value is -2.44. The highest BCUT2D eigenvalue weighted by Gasteiger charge is 2.13. The van der Waals surface area contributed by atoms with E-state index >= 15 is 0 Å². The zero-order valence-corrected chi connectivity index (χ0v) is 13.5. The number of aromatic amines is 1. The lowest BCUT2D eigenvalue weighted by Gasteiger charge is -2.15. The lowest BCUT2D eigenvalue weighted by molar-refractivity contribution is -0.0914. The quantitative estimate of drug-likeness (QED) is 0.685. The van der Waals surface area contributed by atoms with E-state index in [1.807, 2.05) is 43.3 Å². The van der Waals surface area contributed by atoms with Gasteiger partial charge in [-0.1, -0.05) is 30.3 Å². The molecule has 0 radical (unpaired) electrons. The molecule has 6 heteroatoms. The first kappa shape index (κ1) is 15.5. The minimum Gasteiger partial charge on any atom is -0.364 e. The van der Waals surface area contributed by atoms with Crippen LogP contribution in [0.4, 0.5) is 5.82 Å². The smallest absolute Gasteiger partial charge is 0.173 e. The lowest BCUT2D eigenvalue weighted by atomic mass is 10.2. The fourth-order valence-electron chi connectivity index (χ4n) is 2.43. The summed E-state index contributed by atoms with van der Waals surface area (Å²) in [5.41, 5.74) is 2.82. The number of rotatable bonds is 6. The van der Waals surface area contributed by atoms with Crippen molar-refractivity contribution in [2.45, 2.75) is 13.2 Å². The number of nitrogens with one attached hydrogen (secondary N) is 2. The summed E-state index contributed by atoms with van der Waals surface area (Å²) in [6.45, 7) is 2.50. The summed E-state index contributed by atoms with van der Waals surface area (Å²) >= 11 is 0. The van der Waals surface area contributed by atoms with E-state index in [1.54, 1.807) is 14.2 Å². The highest BCUT2D eigenvalue weighted by atomic mass is 16.7. The molecule has 0 fully saturated rings. The van der Waals surface area contributed by atoms with Gasteiger partial charge in [0.25, 0.3) is 0 Å². The standard InChI is InChI=1S/C17H20N4O2/c1-11-9-13-16(18-10-14(22-2)23-3)20-15(21-17(13)19-11)12-7-5-4-6-8-12/h4-9,14H,10H2,1-3H3,(H2,18,19,20,21). The minimum atomic E-state index is -0.333. The summed E-state index contributed by atoms with van der Waals surface area (Å²) in [7, 11) is 3.22. The third-order valence-electron chi connectivity index (χ3n) is 3.62. The van der Waals surface area contributed by atoms with Crippen molar-refractivity contribution in [3.63, 3.8) is 0 Å². The Morgan fingerprint density at radius 2 is 1.87 bits per heavy atom. The Balaban J connectivity index is 2.00. The van der Waals surface area contributed by atoms with Gasteiger partial charge in [0, 0.05) is 25.5 Å². The molecule has 0 aliphatic heterocycles. The molecular formula is C17H20N4O2. The van der Waals surface area contributed by atoms with Crippen molar-refractivity contribution in [2.24, 2.45) is 0 Å². The first-order valence-electron chi connectivity index (χ1n) is 7.43. The van der Waals surface area contributed by atoms with E-state index in [4.69, 9.17) is 9.47 Å². The predicted molar refractivity (Wildman–Crippen MR) is 90.4 cm³/mol. The summed E-state index contributed by atoms with van der Waals surface area (Å²) in [4.78, 5) is 12.6. The van der Waals surface area contributed by atoms with Crippen molar-refractivity contribution < 1.29 is 9.47 Å². The normalized spacial score (nSPS) is 11.3. The second-order valence-electron chi connectivity index (χ2n) is 5.26. The van der Waals surface area contributed by atoms with Crippen molar-refractivity contribution in [1.29, 1.82) is 0 Å². The van der Waals surface area contributed by atoms with Crippen LogP contribution in [-0.4, -0.2) is 42.0 Å². The number of hydrogen-bond donors (Lipinski definition) is 2. The van der Waals surface area contributed by atoms with Crippen LogP contribution in [0.5, 0.6) is 0 Å². The van der Waals surface area contributed by atoms with Crippen molar-refractivity contribution in [1.82, 2.24) is 15.0 Å². The highest BCUT2D eigenvalue weighted by Crippen LogP contribution is 2.25. The number of ether oxygens (including phenoxy) is 2.